The number of halogens is 1. The Balaban J connectivity index is 1.85. The molecule has 0 saturated carbocycles. The average molecular weight is 292 g/mol. The number of rotatable bonds is 2. The molecule has 0 unspecified atom stereocenters. The number of carboxylic acid groups (broad SMARTS) is 1. The van der Waals surface area contributed by atoms with Crippen LogP contribution in [0.2, 0.25) is 5.02 Å². The number of fused-ring (bicyclic) bond motifs is 1. The van der Waals surface area contributed by atoms with Gasteiger partial charge in [0.15, 0.2) is 0 Å². The molecule has 1 saturated heterocycles. The average Bonchev–Trinajstić information content (AvgIpc) is 2.88. The molecule has 2 N–H and O–H groups in total. The Morgan fingerprint density at radius 2 is 2.30 bits per heavy atom. The highest BCUT2D eigenvalue weighted by Crippen LogP contribution is 2.26. The Hall–Kier alpha value is -2.01. The molecule has 1 aliphatic heterocycles. The lowest BCUT2D eigenvalue weighted by Crippen LogP contribution is -2.30. The van der Waals surface area contributed by atoms with E-state index in [4.69, 9.17) is 16.7 Å². The molecule has 1 atom stereocenters. The van der Waals surface area contributed by atoms with Gasteiger partial charge in [-0.2, -0.15) is 0 Å². The van der Waals surface area contributed by atoms with Crippen LogP contribution in [0, 0.1) is 0 Å². The van der Waals surface area contributed by atoms with Gasteiger partial charge >= 0.3 is 6.09 Å². The first-order valence-corrected chi connectivity index (χ1v) is 6.80. The Bertz CT molecular complexity index is 662. The first-order valence-electron chi connectivity index (χ1n) is 6.42. The largest absolute Gasteiger partial charge is 0.465 e. The van der Waals surface area contributed by atoms with Crippen LogP contribution >= 0.6 is 11.6 Å². The Labute approximate surface area is 121 Å². The number of amides is 1. The lowest BCUT2D eigenvalue weighted by atomic mass is 10.1. The topological polar surface area (TPSA) is 65.5 Å². The molecule has 1 aromatic carbocycles. The summed E-state index contributed by atoms with van der Waals surface area (Å²) in [6, 6.07) is 7.57. The molecule has 2 aromatic rings. The van der Waals surface area contributed by atoms with Crippen LogP contribution in [0.1, 0.15) is 6.42 Å². The van der Waals surface area contributed by atoms with Crippen molar-refractivity contribution in [3.8, 4) is 0 Å². The van der Waals surface area contributed by atoms with Crippen molar-refractivity contribution in [3.63, 3.8) is 0 Å². The zero-order valence-corrected chi connectivity index (χ0v) is 11.5. The Kier molecular flexibility index (Phi) is 3.36. The van der Waals surface area contributed by atoms with Crippen LogP contribution in [-0.4, -0.2) is 40.2 Å². The SMILES string of the molecule is O=C(O)N1CC[C@@H](Nc2ccnc3ccc(Cl)cc23)C1. The molecule has 5 nitrogen and oxygen atoms in total. The number of anilines is 1. The molecular weight excluding hydrogens is 278 g/mol. The van der Waals surface area contributed by atoms with Gasteiger partial charge in [-0.25, -0.2) is 4.79 Å². The lowest BCUT2D eigenvalue weighted by Gasteiger charge is -2.16. The van der Waals surface area contributed by atoms with E-state index in [9.17, 15) is 4.79 Å². The van der Waals surface area contributed by atoms with Gasteiger partial charge in [-0.05, 0) is 30.7 Å². The van der Waals surface area contributed by atoms with Gasteiger partial charge in [0.05, 0.1) is 5.52 Å². The van der Waals surface area contributed by atoms with Crippen LogP contribution < -0.4 is 5.32 Å². The molecule has 3 rings (SSSR count). The zero-order valence-electron chi connectivity index (χ0n) is 10.7. The van der Waals surface area contributed by atoms with Crippen LogP contribution in [0.3, 0.4) is 0 Å². The minimum absolute atomic E-state index is 0.121. The molecule has 6 heteroatoms. The summed E-state index contributed by atoms with van der Waals surface area (Å²) in [6.45, 7) is 1.07. The number of pyridine rings is 1. The third-order valence-electron chi connectivity index (χ3n) is 3.52. The third-order valence-corrected chi connectivity index (χ3v) is 3.76. The fourth-order valence-corrected chi connectivity index (χ4v) is 2.69. The Morgan fingerprint density at radius 1 is 1.45 bits per heavy atom. The van der Waals surface area contributed by atoms with E-state index in [1.54, 1.807) is 6.20 Å². The highest BCUT2D eigenvalue weighted by Gasteiger charge is 2.25. The molecule has 2 heterocycles. The zero-order chi connectivity index (χ0) is 14.1. The van der Waals surface area contributed by atoms with Gasteiger partial charge in [0.1, 0.15) is 0 Å². The number of aromatic nitrogens is 1. The first kappa shape index (κ1) is 13.0. The number of hydrogen-bond acceptors (Lipinski definition) is 3. The molecule has 0 bridgehead atoms. The van der Waals surface area contributed by atoms with Crippen molar-refractivity contribution in [3.05, 3.63) is 35.5 Å². The fraction of sp³-hybridized carbons (Fsp3) is 0.286. The second kappa shape index (κ2) is 5.17. The van der Waals surface area contributed by atoms with E-state index in [0.717, 1.165) is 23.0 Å². The molecule has 1 fully saturated rings. The van der Waals surface area contributed by atoms with Crippen molar-refractivity contribution >= 4 is 34.3 Å². The van der Waals surface area contributed by atoms with E-state index in [2.05, 4.69) is 10.3 Å². The van der Waals surface area contributed by atoms with E-state index in [-0.39, 0.29) is 6.04 Å². The summed E-state index contributed by atoms with van der Waals surface area (Å²) in [4.78, 5) is 16.6. The van der Waals surface area contributed by atoms with Crippen LogP contribution in [-0.2, 0) is 0 Å². The second-order valence-electron chi connectivity index (χ2n) is 4.88. The van der Waals surface area contributed by atoms with E-state index in [1.807, 2.05) is 24.3 Å². The molecule has 104 valence electrons. The predicted molar refractivity (Wildman–Crippen MR) is 78.4 cm³/mol. The van der Waals surface area contributed by atoms with Gasteiger partial charge in [-0.1, -0.05) is 11.6 Å². The maximum Gasteiger partial charge on any atom is 0.407 e. The number of benzene rings is 1. The number of likely N-dealkylation sites (tertiary alicyclic amines) is 1. The van der Waals surface area contributed by atoms with Crippen LogP contribution in [0.5, 0.6) is 0 Å². The molecule has 1 aromatic heterocycles. The monoisotopic (exact) mass is 291 g/mol. The number of hydrogen-bond donors (Lipinski definition) is 2. The van der Waals surface area contributed by atoms with Crippen molar-refractivity contribution in [2.75, 3.05) is 18.4 Å². The molecular formula is C14H14ClN3O2. The molecule has 1 aliphatic rings. The maximum absolute atomic E-state index is 10.9. The highest BCUT2D eigenvalue weighted by atomic mass is 35.5. The van der Waals surface area contributed by atoms with Crippen molar-refractivity contribution in [1.82, 2.24) is 9.88 Å². The van der Waals surface area contributed by atoms with Gasteiger partial charge in [0.2, 0.25) is 0 Å². The van der Waals surface area contributed by atoms with Crippen molar-refractivity contribution in [2.24, 2.45) is 0 Å². The van der Waals surface area contributed by atoms with Gasteiger partial charge in [0, 0.05) is 41.4 Å². The van der Waals surface area contributed by atoms with Gasteiger partial charge in [0.25, 0.3) is 0 Å². The summed E-state index contributed by atoms with van der Waals surface area (Å²) in [5.74, 6) is 0. The van der Waals surface area contributed by atoms with Crippen LogP contribution in [0.4, 0.5) is 10.5 Å². The summed E-state index contributed by atoms with van der Waals surface area (Å²) in [5.41, 5.74) is 1.81. The number of nitrogens with zero attached hydrogens (tertiary/aromatic N) is 2. The van der Waals surface area contributed by atoms with Gasteiger partial charge in [-0.3, -0.25) is 4.98 Å². The summed E-state index contributed by atoms with van der Waals surface area (Å²) >= 11 is 6.03. The Morgan fingerprint density at radius 3 is 3.05 bits per heavy atom. The highest BCUT2D eigenvalue weighted by molar-refractivity contribution is 6.31. The predicted octanol–water partition coefficient (Wildman–Crippen LogP) is 3.05. The van der Waals surface area contributed by atoms with E-state index in [1.165, 1.54) is 4.90 Å². The summed E-state index contributed by atoms with van der Waals surface area (Å²) in [6.07, 6.45) is 1.68. The van der Waals surface area contributed by atoms with Gasteiger partial charge in [-0.15, -0.1) is 0 Å². The second-order valence-corrected chi connectivity index (χ2v) is 5.31. The summed E-state index contributed by atoms with van der Waals surface area (Å²) < 4.78 is 0. The lowest BCUT2D eigenvalue weighted by molar-refractivity contribution is 0.155. The molecule has 0 radical (unpaired) electrons. The van der Waals surface area contributed by atoms with Crippen molar-refractivity contribution < 1.29 is 9.90 Å². The van der Waals surface area contributed by atoms with E-state index in [0.29, 0.717) is 18.1 Å². The summed E-state index contributed by atoms with van der Waals surface area (Å²) in [7, 11) is 0. The van der Waals surface area contributed by atoms with Crippen LogP contribution in [0.15, 0.2) is 30.5 Å². The standard InChI is InChI=1S/C14H14ClN3O2/c15-9-1-2-12-11(7-9)13(3-5-16-12)17-10-4-6-18(8-10)14(19)20/h1-3,5,7,10H,4,6,8H2,(H,16,17)(H,19,20)/t10-/m1/s1. The molecule has 1 amide bonds. The normalized spacial score (nSPS) is 18.4. The van der Waals surface area contributed by atoms with Crippen LogP contribution in [0.25, 0.3) is 10.9 Å². The smallest absolute Gasteiger partial charge is 0.407 e. The van der Waals surface area contributed by atoms with Crippen molar-refractivity contribution in [2.45, 2.75) is 12.5 Å². The van der Waals surface area contributed by atoms with E-state index >= 15 is 0 Å². The quantitative estimate of drug-likeness (QED) is 0.892. The number of nitrogens with one attached hydrogen (secondary N) is 1. The summed E-state index contributed by atoms with van der Waals surface area (Å²) in [5, 5.41) is 14.0. The molecule has 0 spiro atoms. The molecule has 20 heavy (non-hydrogen) atoms. The van der Waals surface area contributed by atoms with Gasteiger partial charge < -0.3 is 15.3 Å². The fourth-order valence-electron chi connectivity index (χ4n) is 2.52. The third kappa shape index (κ3) is 2.49. The number of carbonyl (C=O) groups is 1. The first-order chi connectivity index (χ1) is 9.63. The minimum atomic E-state index is -0.864. The minimum Gasteiger partial charge on any atom is -0.465 e. The molecule has 0 aliphatic carbocycles. The maximum atomic E-state index is 10.9. The van der Waals surface area contributed by atoms with Crippen molar-refractivity contribution in [1.29, 1.82) is 0 Å². The van der Waals surface area contributed by atoms with E-state index < -0.39 is 6.09 Å².